The van der Waals surface area contributed by atoms with Gasteiger partial charge in [-0.05, 0) is 19.9 Å². The van der Waals surface area contributed by atoms with Crippen LogP contribution in [-0.2, 0) is 14.4 Å². The third kappa shape index (κ3) is 3.85. The number of nitrogen functional groups attached to an aromatic ring is 1. The number of aromatic nitrogens is 1. The number of imide groups is 1. The second kappa shape index (κ2) is 7.27. The molecule has 2 amide bonds. The highest BCUT2D eigenvalue weighted by Gasteiger charge is 2.35. The van der Waals surface area contributed by atoms with Crippen LogP contribution in [0.15, 0.2) is 12.3 Å². The quantitative estimate of drug-likeness (QED) is 0.411. The van der Waals surface area contributed by atoms with Crippen molar-refractivity contribution in [1.29, 1.82) is 0 Å². The molecular formula is C13H16N4O5. The van der Waals surface area contributed by atoms with Crippen molar-refractivity contribution in [3.05, 3.63) is 17.8 Å². The third-order valence-electron chi connectivity index (χ3n) is 2.56. The highest BCUT2D eigenvalue weighted by Crippen LogP contribution is 2.28. The van der Waals surface area contributed by atoms with E-state index in [0.29, 0.717) is 0 Å². The summed E-state index contributed by atoms with van der Waals surface area (Å²) < 4.78 is 0. The molecule has 1 aliphatic rings. The Hall–Kier alpha value is -2.81. The number of rotatable bonds is 3. The number of anilines is 2. The molecule has 118 valence electrons. The normalized spacial score (nSPS) is 13.5. The molecule has 0 radical (unpaired) electrons. The Bertz CT molecular complexity index is 609. The van der Waals surface area contributed by atoms with Crippen molar-refractivity contribution in [3.63, 3.8) is 0 Å². The molecule has 1 aromatic rings. The Morgan fingerprint density at radius 2 is 1.77 bits per heavy atom. The van der Waals surface area contributed by atoms with E-state index in [4.69, 9.17) is 10.9 Å². The fourth-order valence-corrected chi connectivity index (χ4v) is 1.76. The lowest BCUT2D eigenvalue weighted by atomic mass is 10.2. The predicted octanol–water partition coefficient (Wildman–Crippen LogP) is 0.314. The molecule has 1 fully saturated rings. The van der Waals surface area contributed by atoms with Crippen LogP contribution in [-0.4, -0.2) is 33.7 Å². The van der Waals surface area contributed by atoms with Crippen molar-refractivity contribution in [1.82, 2.24) is 4.98 Å². The number of carbonyl (C=O) groups excluding carboxylic acids is 3. The van der Waals surface area contributed by atoms with Gasteiger partial charge in [0.15, 0.2) is 5.82 Å². The van der Waals surface area contributed by atoms with Gasteiger partial charge in [-0.2, -0.15) is 0 Å². The zero-order valence-corrected chi connectivity index (χ0v) is 12.1. The molecule has 1 aliphatic heterocycles. The van der Waals surface area contributed by atoms with Crippen molar-refractivity contribution in [2.24, 2.45) is 5.84 Å². The Labute approximate surface area is 126 Å². The fraction of sp³-hybridized carbons (Fsp3) is 0.308. The van der Waals surface area contributed by atoms with Crippen LogP contribution >= 0.6 is 0 Å². The zero-order chi connectivity index (χ0) is 16.9. The molecule has 0 spiro atoms. The molecule has 0 bridgehead atoms. The molecule has 4 N–H and O–H groups in total. The van der Waals surface area contributed by atoms with E-state index in [0.717, 1.165) is 4.90 Å². The summed E-state index contributed by atoms with van der Waals surface area (Å²) >= 11 is 0. The van der Waals surface area contributed by atoms with Crippen LogP contribution in [0.25, 0.3) is 0 Å². The molecule has 2 rings (SSSR count). The number of ketones is 1. The van der Waals surface area contributed by atoms with Gasteiger partial charge in [-0.1, -0.05) is 0 Å². The largest absolute Gasteiger partial charge is 0.477 e. The summed E-state index contributed by atoms with van der Waals surface area (Å²) in [5.74, 6) is 2.90. The summed E-state index contributed by atoms with van der Waals surface area (Å²) in [5, 5.41) is 9.13. The van der Waals surface area contributed by atoms with E-state index in [2.05, 4.69) is 10.4 Å². The van der Waals surface area contributed by atoms with Crippen molar-refractivity contribution >= 4 is 35.1 Å². The van der Waals surface area contributed by atoms with E-state index in [1.807, 2.05) is 0 Å². The van der Waals surface area contributed by atoms with Crippen molar-refractivity contribution in [2.75, 3.05) is 10.3 Å². The van der Waals surface area contributed by atoms with E-state index in [9.17, 15) is 19.2 Å². The molecular weight excluding hydrogens is 292 g/mol. The van der Waals surface area contributed by atoms with Crippen molar-refractivity contribution in [3.8, 4) is 0 Å². The highest BCUT2D eigenvalue weighted by atomic mass is 16.4. The number of carboxylic acids is 1. The second-order valence-electron chi connectivity index (χ2n) is 4.54. The molecule has 0 saturated carbocycles. The molecule has 0 atom stereocenters. The van der Waals surface area contributed by atoms with Crippen LogP contribution in [0.5, 0.6) is 0 Å². The van der Waals surface area contributed by atoms with Gasteiger partial charge in [-0.15, -0.1) is 0 Å². The minimum atomic E-state index is -1.32. The summed E-state index contributed by atoms with van der Waals surface area (Å²) in [6, 6.07) is 1.35. The Morgan fingerprint density at radius 1 is 1.27 bits per heavy atom. The number of aromatic carboxylic acids is 1. The van der Waals surface area contributed by atoms with Gasteiger partial charge in [0.2, 0.25) is 11.8 Å². The second-order valence-corrected chi connectivity index (χ2v) is 4.54. The molecule has 9 nitrogen and oxygen atoms in total. The number of hydrazine groups is 1. The molecule has 1 saturated heterocycles. The Balaban J connectivity index is 0.000000541. The third-order valence-corrected chi connectivity index (χ3v) is 2.56. The molecule has 0 unspecified atom stereocenters. The topological polar surface area (TPSA) is 143 Å². The number of carbonyl (C=O) groups is 4. The maximum Gasteiger partial charge on any atom is 0.341 e. The average Bonchev–Trinajstić information content (AvgIpc) is 2.76. The minimum absolute atomic E-state index is 0.0554. The standard InChI is InChI=1S/C10H10N4O4.C3H6O/c11-13-5-3-4-12-9(8(5)10(17)18)14-6(15)1-2-7(14)16;1-3(2)4/h3-4H,1-2,11H2,(H,12,13)(H,17,18);1-2H3. The van der Waals surface area contributed by atoms with Crippen LogP contribution in [0.4, 0.5) is 11.5 Å². The summed E-state index contributed by atoms with van der Waals surface area (Å²) in [7, 11) is 0. The first-order chi connectivity index (χ1) is 10.3. The van der Waals surface area contributed by atoms with Gasteiger partial charge in [0, 0.05) is 19.0 Å². The van der Waals surface area contributed by atoms with Crippen molar-refractivity contribution in [2.45, 2.75) is 26.7 Å². The van der Waals surface area contributed by atoms with Crippen molar-refractivity contribution < 1.29 is 24.3 Å². The first-order valence-corrected chi connectivity index (χ1v) is 6.31. The first kappa shape index (κ1) is 17.2. The van der Waals surface area contributed by atoms with Crippen LogP contribution in [0.3, 0.4) is 0 Å². The monoisotopic (exact) mass is 308 g/mol. The minimum Gasteiger partial charge on any atom is -0.477 e. The predicted molar refractivity (Wildman–Crippen MR) is 77.1 cm³/mol. The average molecular weight is 308 g/mol. The summed E-state index contributed by atoms with van der Waals surface area (Å²) in [6.45, 7) is 3.06. The number of hydrogen-bond acceptors (Lipinski definition) is 7. The summed E-state index contributed by atoms with van der Waals surface area (Å²) in [4.78, 5) is 48.4. The van der Waals surface area contributed by atoms with Gasteiger partial charge >= 0.3 is 5.97 Å². The Kier molecular flexibility index (Phi) is 5.70. The maximum absolute atomic E-state index is 11.6. The molecule has 0 aliphatic carbocycles. The highest BCUT2D eigenvalue weighted by molar-refractivity contribution is 6.21. The van der Waals surface area contributed by atoms with Gasteiger partial charge in [-0.3, -0.25) is 15.4 Å². The zero-order valence-electron chi connectivity index (χ0n) is 12.1. The molecule has 22 heavy (non-hydrogen) atoms. The van der Waals surface area contributed by atoms with E-state index in [1.165, 1.54) is 26.1 Å². The van der Waals surface area contributed by atoms with Gasteiger partial charge in [0.25, 0.3) is 0 Å². The van der Waals surface area contributed by atoms with Gasteiger partial charge < -0.3 is 15.3 Å². The molecule has 2 heterocycles. The number of nitrogens with zero attached hydrogens (tertiary/aromatic N) is 2. The molecule has 9 heteroatoms. The number of carboxylic acid groups (broad SMARTS) is 1. The number of pyridine rings is 1. The molecule has 1 aromatic heterocycles. The van der Waals surface area contributed by atoms with Crippen LogP contribution in [0, 0.1) is 0 Å². The van der Waals surface area contributed by atoms with E-state index in [-0.39, 0.29) is 35.7 Å². The summed E-state index contributed by atoms with van der Waals surface area (Å²) in [5.41, 5.74) is 1.98. The lowest BCUT2D eigenvalue weighted by molar-refractivity contribution is -0.121. The lowest BCUT2D eigenvalue weighted by Crippen LogP contribution is -2.31. The van der Waals surface area contributed by atoms with E-state index in [1.54, 1.807) is 0 Å². The fourth-order valence-electron chi connectivity index (χ4n) is 1.76. The number of nitrogens with two attached hydrogens (primary N) is 1. The van der Waals surface area contributed by atoms with E-state index >= 15 is 0 Å². The van der Waals surface area contributed by atoms with Gasteiger partial charge in [-0.25, -0.2) is 14.7 Å². The number of nitrogens with one attached hydrogen (secondary N) is 1. The van der Waals surface area contributed by atoms with Gasteiger partial charge in [0.05, 0.1) is 5.69 Å². The van der Waals surface area contributed by atoms with Gasteiger partial charge in [0.1, 0.15) is 11.3 Å². The smallest absolute Gasteiger partial charge is 0.341 e. The lowest BCUT2D eigenvalue weighted by Gasteiger charge is -2.16. The van der Waals surface area contributed by atoms with Crippen LogP contribution in [0.1, 0.15) is 37.0 Å². The first-order valence-electron chi connectivity index (χ1n) is 6.31. The maximum atomic E-state index is 11.6. The summed E-state index contributed by atoms with van der Waals surface area (Å²) in [6.07, 6.45) is 1.38. The van der Waals surface area contributed by atoms with Crippen LogP contribution in [0.2, 0.25) is 0 Å². The van der Waals surface area contributed by atoms with E-state index < -0.39 is 17.8 Å². The SMILES string of the molecule is CC(C)=O.NNc1ccnc(N2C(=O)CCC2=O)c1C(=O)O. The Morgan fingerprint density at radius 3 is 2.18 bits per heavy atom. The molecule has 0 aromatic carbocycles. The number of hydrogen-bond donors (Lipinski definition) is 3. The number of amides is 2. The van der Waals surface area contributed by atoms with Crippen LogP contribution < -0.4 is 16.2 Å². The number of Topliss-reactive ketones (excluding diaryl/α,β-unsaturated/α-hetero) is 1.